The van der Waals surface area contributed by atoms with Crippen molar-refractivity contribution in [2.24, 2.45) is 0 Å². The summed E-state index contributed by atoms with van der Waals surface area (Å²) < 4.78 is 1.91. The van der Waals surface area contributed by atoms with E-state index in [1.807, 2.05) is 56.2 Å². The summed E-state index contributed by atoms with van der Waals surface area (Å²) in [6.07, 6.45) is 5.34. The van der Waals surface area contributed by atoms with E-state index >= 15 is 0 Å². The number of hydrogen-bond acceptors (Lipinski definition) is 3. The van der Waals surface area contributed by atoms with Crippen LogP contribution in [0.25, 0.3) is 5.69 Å². The lowest BCUT2D eigenvalue weighted by Gasteiger charge is -2.19. The van der Waals surface area contributed by atoms with Crippen LogP contribution in [0.15, 0.2) is 67.3 Å². The Labute approximate surface area is 148 Å². The minimum atomic E-state index is 0.00821. The smallest absolute Gasteiger partial charge is 0.253 e. The second-order valence-corrected chi connectivity index (χ2v) is 6.24. The molecule has 2 aromatic carbocycles. The molecule has 0 spiro atoms. The molecule has 1 amide bonds. The van der Waals surface area contributed by atoms with Gasteiger partial charge in [0.25, 0.3) is 5.91 Å². The lowest BCUT2D eigenvalue weighted by atomic mass is 10.1. The maximum atomic E-state index is 12.6. The third kappa shape index (κ3) is 3.88. The molecule has 0 atom stereocenters. The van der Waals surface area contributed by atoms with Gasteiger partial charge in [0.2, 0.25) is 0 Å². The number of carbonyl (C=O) groups excluding carboxylic acids is 1. The van der Waals surface area contributed by atoms with Crippen LogP contribution in [-0.4, -0.2) is 41.5 Å². The van der Waals surface area contributed by atoms with E-state index in [2.05, 4.69) is 34.1 Å². The van der Waals surface area contributed by atoms with Crippen molar-refractivity contribution in [1.29, 1.82) is 0 Å². The third-order valence-corrected chi connectivity index (χ3v) is 4.14. The van der Waals surface area contributed by atoms with Crippen molar-refractivity contribution in [1.82, 2.24) is 14.5 Å². The van der Waals surface area contributed by atoms with Crippen LogP contribution in [0.4, 0.5) is 5.69 Å². The summed E-state index contributed by atoms with van der Waals surface area (Å²) >= 11 is 0. The lowest BCUT2D eigenvalue weighted by Crippen LogP contribution is -2.26. The average molecular weight is 334 g/mol. The summed E-state index contributed by atoms with van der Waals surface area (Å²) in [5, 5.41) is 0. The molecule has 0 aliphatic rings. The minimum absolute atomic E-state index is 0.00821. The Morgan fingerprint density at radius 2 is 1.68 bits per heavy atom. The van der Waals surface area contributed by atoms with E-state index in [-0.39, 0.29) is 5.91 Å². The SMILES string of the molecule is CN(Cc1ccc(N(C)C)cc1)C(=O)c1ccc(-n2ccnc2)cc1. The van der Waals surface area contributed by atoms with E-state index in [4.69, 9.17) is 0 Å². The maximum absolute atomic E-state index is 12.6. The number of carbonyl (C=O) groups is 1. The molecule has 128 valence electrons. The number of nitrogens with zero attached hydrogens (tertiary/aromatic N) is 4. The molecule has 1 aromatic heterocycles. The Hall–Kier alpha value is -3.08. The molecule has 0 saturated heterocycles. The molecule has 0 saturated carbocycles. The predicted octanol–water partition coefficient (Wildman–Crippen LogP) is 3.21. The van der Waals surface area contributed by atoms with Crippen molar-refractivity contribution in [3.8, 4) is 5.69 Å². The van der Waals surface area contributed by atoms with Crippen molar-refractivity contribution in [3.05, 3.63) is 78.4 Å². The molecule has 1 heterocycles. The van der Waals surface area contributed by atoms with Gasteiger partial charge < -0.3 is 14.4 Å². The lowest BCUT2D eigenvalue weighted by molar-refractivity contribution is 0.0785. The first-order chi connectivity index (χ1) is 12.0. The van der Waals surface area contributed by atoms with Crippen LogP contribution in [0.1, 0.15) is 15.9 Å². The topological polar surface area (TPSA) is 41.4 Å². The van der Waals surface area contributed by atoms with Gasteiger partial charge in [0.15, 0.2) is 0 Å². The fourth-order valence-electron chi connectivity index (χ4n) is 2.65. The number of hydrogen-bond donors (Lipinski definition) is 0. The molecular formula is C20H22N4O. The summed E-state index contributed by atoms with van der Waals surface area (Å²) in [6, 6.07) is 15.8. The highest BCUT2D eigenvalue weighted by atomic mass is 16.2. The van der Waals surface area contributed by atoms with Crippen LogP contribution in [0.3, 0.4) is 0 Å². The van der Waals surface area contributed by atoms with Gasteiger partial charge >= 0.3 is 0 Å². The van der Waals surface area contributed by atoms with Gasteiger partial charge in [-0.05, 0) is 42.0 Å². The number of amides is 1. The quantitative estimate of drug-likeness (QED) is 0.719. The molecule has 3 rings (SSSR count). The molecule has 3 aromatic rings. The van der Waals surface area contributed by atoms with Crippen molar-refractivity contribution in [3.63, 3.8) is 0 Å². The standard InChI is InChI=1S/C20H22N4O/c1-22(2)18-8-4-16(5-9-18)14-23(3)20(25)17-6-10-19(11-7-17)24-13-12-21-15-24/h4-13,15H,14H2,1-3H3. The Balaban J connectivity index is 1.67. The first-order valence-corrected chi connectivity index (χ1v) is 8.15. The normalized spacial score (nSPS) is 10.5. The van der Waals surface area contributed by atoms with Crippen molar-refractivity contribution < 1.29 is 4.79 Å². The molecule has 0 radical (unpaired) electrons. The largest absolute Gasteiger partial charge is 0.378 e. The van der Waals surface area contributed by atoms with Gasteiger partial charge in [-0.25, -0.2) is 4.98 Å². The Bertz CT molecular complexity index is 821. The predicted molar refractivity (Wildman–Crippen MR) is 100 cm³/mol. The summed E-state index contributed by atoms with van der Waals surface area (Å²) in [5.41, 5.74) is 3.91. The van der Waals surface area contributed by atoms with Crippen LogP contribution in [0.5, 0.6) is 0 Å². The fourth-order valence-corrected chi connectivity index (χ4v) is 2.65. The first-order valence-electron chi connectivity index (χ1n) is 8.15. The minimum Gasteiger partial charge on any atom is -0.378 e. The molecule has 5 nitrogen and oxygen atoms in total. The van der Waals surface area contributed by atoms with Gasteiger partial charge in [-0.1, -0.05) is 12.1 Å². The van der Waals surface area contributed by atoms with Crippen LogP contribution in [-0.2, 0) is 6.54 Å². The van der Waals surface area contributed by atoms with Gasteiger partial charge in [-0.3, -0.25) is 4.79 Å². The first kappa shape index (κ1) is 16.8. The number of aromatic nitrogens is 2. The molecule has 0 bridgehead atoms. The zero-order valence-electron chi connectivity index (χ0n) is 14.8. The highest BCUT2D eigenvalue weighted by Gasteiger charge is 2.12. The summed E-state index contributed by atoms with van der Waals surface area (Å²) in [7, 11) is 5.85. The summed E-state index contributed by atoms with van der Waals surface area (Å²) in [6.45, 7) is 0.579. The van der Waals surface area contributed by atoms with Crippen LogP contribution in [0, 0.1) is 0 Å². The maximum Gasteiger partial charge on any atom is 0.253 e. The zero-order chi connectivity index (χ0) is 17.8. The van der Waals surface area contributed by atoms with Crippen molar-refractivity contribution >= 4 is 11.6 Å². The summed E-state index contributed by atoms with van der Waals surface area (Å²) in [4.78, 5) is 20.4. The van der Waals surface area contributed by atoms with Gasteiger partial charge in [0, 0.05) is 57.0 Å². The van der Waals surface area contributed by atoms with E-state index in [0.717, 1.165) is 16.9 Å². The Morgan fingerprint density at radius 1 is 1.00 bits per heavy atom. The third-order valence-electron chi connectivity index (χ3n) is 4.14. The number of imidazole rings is 1. The highest BCUT2D eigenvalue weighted by molar-refractivity contribution is 5.94. The van der Waals surface area contributed by atoms with Crippen LogP contribution in [0.2, 0.25) is 0 Å². The van der Waals surface area contributed by atoms with E-state index in [9.17, 15) is 4.79 Å². The Kier molecular flexibility index (Phi) is 4.84. The highest BCUT2D eigenvalue weighted by Crippen LogP contribution is 2.15. The van der Waals surface area contributed by atoms with Gasteiger partial charge in [0.05, 0.1) is 6.33 Å². The van der Waals surface area contributed by atoms with Gasteiger partial charge in [0.1, 0.15) is 0 Å². The number of benzene rings is 2. The molecule has 5 heteroatoms. The van der Waals surface area contributed by atoms with Crippen molar-refractivity contribution in [2.45, 2.75) is 6.54 Å². The average Bonchev–Trinajstić information content (AvgIpc) is 3.16. The number of rotatable bonds is 5. The molecular weight excluding hydrogens is 312 g/mol. The second kappa shape index (κ2) is 7.21. The van der Waals surface area contributed by atoms with E-state index in [1.54, 1.807) is 17.4 Å². The van der Waals surface area contributed by atoms with Crippen LogP contribution < -0.4 is 4.90 Å². The molecule has 0 fully saturated rings. The van der Waals surface area contributed by atoms with Gasteiger partial charge in [-0.15, -0.1) is 0 Å². The molecule has 0 aliphatic heterocycles. The van der Waals surface area contributed by atoms with E-state index in [0.29, 0.717) is 12.1 Å². The molecule has 0 unspecified atom stereocenters. The summed E-state index contributed by atoms with van der Waals surface area (Å²) in [5.74, 6) is 0.00821. The number of anilines is 1. The second-order valence-electron chi connectivity index (χ2n) is 6.24. The Morgan fingerprint density at radius 3 is 2.24 bits per heavy atom. The molecule has 25 heavy (non-hydrogen) atoms. The molecule has 0 N–H and O–H groups in total. The van der Waals surface area contributed by atoms with E-state index in [1.165, 1.54) is 0 Å². The fraction of sp³-hybridized carbons (Fsp3) is 0.200. The van der Waals surface area contributed by atoms with Crippen molar-refractivity contribution in [2.75, 3.05) is 26.0 Å². The van der Waals surface area contributed by atoms with Gasteiger partial charge in [-0.2, -0.15) is 0 Å². The molecule has 0 aliphatic carbocycles. The van der Waals surface area contributed by atoms with E-state index < -0.39 is 0 Å². The zero-order valence-corrected chi connectivity index (χ0v) is 14.8. The monoisotopic (exact) mass is 334 g/mol. The van der Waals surface area contributed by atoms with Crippen LogP contribution >= 0.6 is 0 Å².